The Morgan fingerprint density at radius 3 is 2.65 bits per heavy atom. The van der Waals surface area contributed by atoms with Crippen LogP contribution in [0.3, 0.4) is 0 Å². The molecule has 0 aliphatic rings. The van der Waals surface area contributed by atoms with Crippen LogP contribution in [-0.2, 0) is 14.4 Å². The lowest BCUT2D eigenvalue weighted by atomic mass is 10.2. The number of carbonyl (C=O) groups excluding carboxylic acids is 3. The number of halogens is 1. The third-order valence-electron chi connectivity index (χ3n) is 4.21. The number of unbranched alkanes of at least 4 members (excludes halogenated alkanes) is 1. The number of para-hydroxylation sites is 1. The molecule has 0 radical (unpaired) electrons. The molecule has 0 aromatic heterocycles. The minimum Gasteiger partial charge on any atom is -0.483 e. The molecule has 0 aliphatic heterocycles. The third-order valence-corrected chi connectivity index (χ3v) is 4.62. The lowest BCUT2D eigenvalue weighted by Gasteiger charge is -2.11. The molecule has 31 heavy (non-hydrogen) atoms. The predicted molar refractivity (Wildman–Crippen MR) is 120 cm³/mol. The standard InChI is InChI=1S/C22H25ClN4O4/c1-3-4-12-24-21(29)22(30)27-25-13-16-8-5-6-11-19(16)31-14-20(28)26-18-10-7-9-17(23)15(18)2/h5-11,13H,3-4,12,14H2,1-2H3,(H,24,29)(H,26,28)(H,27,30)/b25-13+. The first-order chi connectivity index (χ1) is 14.9. The zero-order valence-corrected chi connectivity index (χ0v) is 18.2. The maximum Gasteiger partial charge on any atom is 0.329 e. The topological polar surface area (TPSA) is 109 Å². The fourth-order valence-electron chi connectivity index (χ4n) is 2.46. The van der Waals surface area contributed by atoms with Gasteiger partial charge in [-0.2, -0.15) is 5.10 Å². The van der Waals surface area contributed by atoms with Gasteiger partial charge in [-0.3, -0.25) is 14.4 Å². The van der Waals surface area contributed by atoms with Crippen LogP contribution < -0.4 is 20.8 Å². The van der Waals surface area contributed by atoms with Crippen molar-refractivity contribution in [3.05, 3.63) is 58.6 Å². The van der Waals surface area contributed by atoms with Gasteiger partial charge in [0, 0.05) is 22.8 Å². The smallest absolute Gasteiger partial charge is 0.329 e. The summed E-state index contributed by atoms with van der Waals surface area (Å²) in [7, 11) is 0. The Balaban J connectivity index is 1.90. The van der Waals surface area contributed by atoms with Crippen molar-refractivity contribution >= 4 is 41.2 Å². The van der Waals surface area contributed by atoms with Crippen molar-refractivity contribution in [2.75, 3.05) is 18.5 Å². The highest BCUT2D eigenvalue weighted by Gasteiger charge is 2.12. The Bertz CT molecular complexity index is 962. The summed E-state index contributed by atoms with van der Waals surface area (Å²) in [4.78, 5) is 35.6. The van der Waals surface area contributed by atoms with Crippen molar-refractivity contribution in [3.8, 4) is 5.75 Å². The number of hydrogen-bond acceptors (Lipinski definition) is 5. The van der Waals surface area contributed by atoms with Crippen molar-refractivity contribution in [1.29, 1.82) is 0 Å². The Hall–Kier alpha value is -3.39. The summed E-state index contributed by atoms with van der Waals surface area (Å²) < 4.78 is 5.58. The SMILES string of the molecule is CCCCNC(=O)C(=O)N/N=C/c1ccccc1OCC(=O)Nc1cccc(Cl)c1C. The molecule has 3 amide bonds. The van der Waals surface area contributed by atoms with E-state index in [1.54, 1.807) is 42.5 Å². The van der Waals surface area contributed by atoms with Crippen LogP contribution in [0.5, 0.6) is 5.75 Å². The van der Waals surface area contributed by atoms with Crippen LogP contribution in [0.15, 0.2) is 47.6 Å². The van der Waals surface area contributed by atoms with Gasteiger partial charge in [-0.05, 0) is 43.2 Å². The molecule has 0 spiro atoms. The quantitative estimate of drug-likeness (QED) is 0.239. The van der Waals surface area contributed by atoms with E-state index in [0.717, 1.165) is 18.4 Å². The molecule has 3 N–H and O–H groups in total. The summed E-state index contributed by atoms with van der Waals surface area (Å²) in [6.07, 6.45) is 3.04. The molecule has 0 unspecified atom stereocenters. The van der Waals surface area contributed by atoms with E-state index in [-0.39, 0.29) is 12.5 Å². The van der Waals surface area contributed by atoms with Gasteiger partial charge in [0.25, 0.3) is 5.91 Å². The highest BCUT2D eigenvalue weighted by atomic mass is 35.5. The van der Waals surface area contributed by atoms with Gasteiger partial charge < -0.3 is 15.4 Å². The number of carbonyl (C=O) groups is 3. The predicted octanol–water partition coefficient (Wildman–Crippen LogP) is 3.03. The van der Waals surface area contributed by atoms with Gasteiger partial charge in [0.2, 0.25) is 0 Å². The first-order valence-corrected chi connectivity index (χ1v) is 10.2. The van der Waals surface area contributed by atoms with E-state index in [0.29, 0.717) is 28.6 Å². The maximum atomic E-state index is 12.2. The van der Waals surface area contributed by atoms with Crippen molar-refractivity contribution in [3.63, 3.8) is 0 Å². The number of rotatable bonds is 9. The second-order valence-electron chi connectivity index (χ2n) is 6.60. The summed E-state index contributed by atoms with van der Waals surface area (Å²) in [6.45, 7) is 3.99. The lowest BCUT2D eigenvalue weighted by Crippen LogP contribution is -2.38. The molecule has 0 saturated carbocycles. The van der Waals surface area contributed by atoms with Crippen molar-refractivity contribution in [2.45, 2.75) is 26.7 Å². The molecule has 0 heterocycles. The Morgan fingerprint density at radius 2 is 1.87 bits per heavy atom. The van der Waals surface area contributed by atoms with Gasteiger partial charge in [0.1, 0.15) is 5.75 Å². The van der Waals surface area contributed by atoms with Crippen LogP contribution in [0, 0.1) is 6.92 Å². The van der Waals surface area contributed by atoms with E-state index in [2.05, 4.69) is 21.2 Å². The summed E-state index contributed by atoms with van der Waals surface area (Å²) in [6, 6.07) is 12.1. The third kappa shape index (κ3) is 7.75. The zero-order valence-electron chi connectivity index (χ0n) is 17.4. The lowest BCUT2D eigenvalue weighted by molar-refractivity contribution is -0.139. The number of nitrogens with one attached hydrogen (secondary N) is 3. The van der Waals surface area contributed by atoms with Gasteiger partial charge in [0.05, 0.1) is 6.21 Å². The van der Waals surface area contributed by atoms with Crippen molar-refractivity contribution in [1.82, 2.24) is 10.7 Å². The van der Waals surface area contributed by atoms with Gasteiger partial charge in [-0.1, -0.05) is 43.1 Å². The molecule has 0 fully saturated rings. The van der Waals surface area contributed by atoms with E-state index >= 15 is 0 Å². The van der Waals surface area contributed by atoms with Crippen LogP contribution in [0.25, 0.3) is 0 Å². The van der Waals surface area contributed by atoms with E-state index < -0.39 is 11.8 Å². The molecular weight excluding hydrogens is 420 g/mol. The largest absolute Gasteiger partial charge is 0.483 e. The minimum atomic E-state index is -0.859. The molecular formula is C22H25ClN4O4. The Labute approximate surface area is 186 Å². The number of nitrogens with zero attached hydrogens (tertiary/aromatic N) is 1. The normalized spacial score (nSPS) is 10.5. The molecule has 0 saturated heterocycles. The minimum absolute atomic E-state index is 0.233. The summed E-state index contributed by atoms with van der Waals surface area (Å²) in [5, 5.41) is 9.59. The number of anilines is 1. The molecule has 0 bridgehead atoms. The Kier molecular flexibility index (Phi) is 9.51. The van der Waals surface area contributed by atoms with Crippen LogP contribution in [0.1, 0.15) is 30.9 Å². The van der Waals surface area contributed by atoms with E-state index in [1.165, 1.54) is 6.21 Å². The first-order valence-electron chi connectivity index (χ1n) is 9.80. The number of benzene rings is 2. The Morgan fingerprint density at radius 1 is 1.10 bits per heavy atom. The number of hydrazone groups is 1. The average Bonchev–Trinajstić information content (AvgIpc) is 2.76. The molecule has 164 valence electrons. The molecule has 0 aliphatic carbocycles. The second kappa shape index (κ2) is 12.3. The van der Waals surface area contributed by atoms with Gasteiger partial charge in [0.15, 0.2) is 6.61 Å². The number of ether oxygens (including phenoxy) is 1. The molecule has 2 aromatic rings. The number of amides is 3. The van der Waals surface area contributed by atoms with Gasteiger partial charge in [-0.25, -0.2) is 5.43 Å². The second-order valence-corrected chi connectivity index (χ2v) is 7.00. The molecule has 8 nitrogen and oxygen atoms in total. The van der Waals surface area contributed by atoms with E-state index in [4.69, 9.17) is 16.3 Å². The molecule has 9 heteroatoms. The van der Waals surface area contributed by atoms with Crippen LogP contribution in [0.2, 0.25) is 5.02 Å². The molecule has 2 rings (SSSR count). The fraction of sp³-hybridized carbons (Fsp3) is 0.273. The zero-order chi connectivity index (χ0) is 22.6. The van der Waals surface area contributed by atoms with Gasteiger partial charge in [-0.15, -0.1) is 0 Å². The monoisotopic (exact) mass is 444 g/mol. The van der Waals surface area contributed by atoms with Crippen molar-refractivity contribution in [2.24, 2.45) is 5.10 Å². The fourth-order valence-corrected chi connectivity index (χ4v) is 2.64. The summed E-state index contributed by atoms with van der Waals surface area (Å²) >= 11 is 6.06. The highest BCUT2D eigenvalue weighted by Crippen LogP contribution is 2.23. The summed E-state index contributed by atoms with van der Waals surface area (Å²) in [5.41, 5.74) is 4.06. The maximum absolute atomic E-state index is 12.2. The first kappa shape index (κ1) is 23.9. The van der Waals surface area contributed by atoms with Crippen molar-refractivity contribution < 1.29 is 19.1 Å². The van der Waals surface area contributed by atoms with Crippen LogP contribution >= 0.6 is 11.6 Å². The van der Waals surface area contributed by atoms with Gasteiger partial charge >= 0.3 is 11.8 Å². The average molecular weight is 445 g/mol. The molecule has 0 atom stereocenters. The van der Waals surface area contributed by atoms with E-state index in [9.17, 15) is 14.4 Å². The molecule has 2 aromatic carbocycles. The highest BCUT2D eigenvalue weighted by molar-refractivity contribution is 6.35. The number of hydrogen-bond donors (Lipinski definition) is 3. The summed E-state index contributed by atoms with van der Waals surface area (Å²) in [5.74, 6) is -1.56. The van der Waals surface area contributed by atoms with E-state index in [1.807, 2.05) is 13.8 Å². The van der Waals surface area contributed by atoms with Crippen LogP contribution in [-0.4, -0.2) is 37.1 Å². The van der Waals surface area contributed by atoms with Crippen LogP contribution in [0.4, 0.5) is 5.69 Å².